The third-order valence-corrected chi connectivity index (χ3v) is 9.57. The number of hydrogen-bond donors (Lipinski definition) is 10. The Morgan fingerprint density at radius 3 is 1.62 bits per heavy atom. The van der Waals surface area contributed by atoms with Gasteiger partial charge in [-0.05, 0) is 85.3 Å². The number of carbonyl (C=O) groups is 2. The minimum Gasteiger partial charge on any atom is -0.412 e. The van der Waals surface area contributed by atoms with Crippen LogP contribution in [0, 0.1) is 13.8 Å². The van der Waals surface area contributed by atoms with E-state index in [-0.39, 0.29) is 56.0 Å². The van der Waals surface area contributed by atoms with E-state index in [0.29, 0.717) is 50.9 Å². The van der Waals surface area contributed by atoms with Gasteiger partial charge in [-0.2, -0.15) is 43.4 Å². The molecular weight excluding hydrogens is 856 g/mol. The number of aromatic nitrogens is 6. The summed E-state index contributed by atoms with van der Waals surface area (Å²) in [5, 5.41) is 38.4. The summed E-state index contributed by atoms with van der Waals surface area (Å²) in [6.45, 7) is 3.40. The maximum absolute atomic E-state index is 12.2. The average molecular weight is 894 g/mol. The number of nitrogens with one attached hydrogen (secondary N) is 7. The maximum Gasteiger partial charge on any atom is 0.356 e. The van der Waals surface area contributed by atoms with Gasteiger partial charge in [-0.25, -0.2) is 9.59 Å². The highest BCUT2D eigenvalue weighted by atomic mass is 32.2. The van der Waals surface area contributed by atoms with E-state index in [1.807, 2.05) is 18.2 Å². The third kappa shape index (κ3) is 12.4. The molecule has 0 unspecified atom stereocenters. The van der Waals surface area contributed by atoms with Crippen LogP contribution in [0.15, 0.2) is 128 Å². The highest BCUT2D eigenvalue weighted by molar-refractivity contribution is 7.86. The SMILES string of the molecule is Cc1nc(NBNc2ccc(N=Nc3cc4ccccc4cc3S(=O)(=O)O)c(NC(N)=O)c2)nc(NBNc2nc(C)nc(Nc3ccc(N=Nc4ccccc4)c(NC(N)=O)c3)n2)n1. The molecule has 0 saturated heterocycles. The second-order valence-corrected chi connectivity index (χ2v) is 15.0. The van der Waals surface area contributed by atoms with Gasteiger partial charge in [0.1, 0.15) is 33.6 Å². The van der Waals surface area contributed by atoms with Gasteiger partial charge < -0.3 is 48.3 Å². The van der Waals surface area contributed by atoms with Gasteiger partial charge in [0, 0.05) is 11.4 Å². The van der Waals surface area contributed by atoms with Crippen molar-refractivity contribution in [2.24, 2.45) is 31.9 Å². The fourth-order valence-corrected chi connectivity index (χ4v) is 6.56. The number of benzene rings is 5. The predicted octanol–water partition coefficient (Wildman–Crippen LogP) is 6.21. The van der Waals surface area contributed by atoms with E-state index in [4.69, 9.17) is 11.5 Å². The molecule has 4 amide bonds. The molecule has 0 saturated carbocycles. The second kappa shape index (κ2) is 19.9. The lowest BCUT2D eigenvalue weighted by molar-refractivity contribution is 0.258. The molecule has 0 spiro atoms. The number of nitrogens with zero attached hydrogens (tertiary/aromatic N) is 10. The van der Waals surface area contributed by atoms with Crippen LogP contribution in [0.4, 0.5) is 78.9 Å². The van der Waals surface area contributed by atoms with E-state index in [1.54, 1.807) is 80.6 Å². The molecule has 0 radical (unpaired) electrons. The van der Waals surface area contributed by atoms with E-state index in [9.17, 15) is 22.6 Å². The monoisotopic (exact) mass is 893 g/mol. The molecule has 0 aliphatic rings. The second-order valence-electron chi connectivity index (χ2n) is 13.6. The van der Waals surface area contributed by atoms with Crippen molar-refractivity contribution in [3.8, 4) is 0 Å². The van der Waals surface area contributed by atoms with E-state index in [0.717, 1.165) is 0 Å². The van der Waals surface area contributed by atoms with Gasteiger partial charge >= 0.3 is 27.2 Å². The molecule has 7 rings (SSSR count). The molecule has 0 fully saturated rings. The van der Waals surface area contributed by atoms with Crippen LogP contribution in [0.1, 0.15) is 11.6 Å². The summed E-state index contributed by atoms with van der Waals surface area (Å²) in [6, 6.07) is 26.9. The summed E-state index contributed by atoms with van der Waals surface area (Å²) in [5.74, 6) is 1.75. The van der Waals surface area contributed by atoms with Crippen LogP contribution in [0.5, 0.6) is 0 Å². The molecule has 0 aliphatic carbocycles. The Kier molecular flexibility index (Phi) is 13.5. The number of hydrogen-bond acceptors (Lipinski definition) is 19. The van der Waals surface area contributed by atoms with Crippen LogP contribution in [-0.4, -0.2) is 70.0 Å². The minimum atomic E-state index is -4.65. The molecule has 0 bridgehead atoms. The molecule has 65 heavy (non-hydrogen) atoms. The molecule has 24 nitrogen and oxygen atoms in total. The van der Waals surface area contributed by atoms with Crippen molar-refractivity contribution in [3.05, 3.63) is 115 Å². The normalized spacial score (nSPS) is 11.2. The highest BCUT2D eigenvalue weighted by Crippen LogP contribution is 2.35. The Bertz CT molecular complexity index is 3080. The number of urea groups is 2. The van der Waals surface area contributed by atoms with Crippen LogP contribution >= 0.6 is 0 Å². The Morgan fingerprint density at radius 2 is 1.03 bits per heavy atom. The third-order valence-electron chi connectivity index (χ3n) is 8.69. The lowest BCUT2D eigenvalue weighted by atomic mass is 10.1. The number of aryl methyl sites for hydroxylation is 2. The first-order valence-electron chi connectivity index (χ1n) is 19.2. The van der Waals surface area contributed by atoms with Crippen LogP contribution in [0.25, 0.3) is 10.8 Å². The number of rotatable bonds is 17. The number of anilines is 8. The van der Waals surface area contributed by atoms with Crippen LogP contribution < -0.4 is 48.3 Å². The number of fused-ring (bicyclic) bond motifs is 1. The highest BCUT2D eigenvalue weighted by Gasteiger charge is 2.18. The van der Waals surface area contributed by atoms with E-state index in [2.05, 4.69) is 87.2 Å². The van der Waals surface area contributed by atoms with Crippen LogP contribution in [0.3, 0.4) is 0 Å². The summed E-state index contributed by atoms with van der Waals surface area (Å²) < 4.78 is 34.2. The van der Waals surface area contributed by atoms with E-state index >= 15 is 0 Å². The van der Waals surface area contributed by atoms with Gasteiger partial charge in [-0.15, -0.1) is 15.3 Å². The first kappa shape index (κ1) is 44.2. The molecule has 0 atom stereocenters. The molecule has 12 N–H and O–H groups in total. The van der Waals surface area contributed by atoms with E-state index in [1.165, 1.54) is 18.2 Å². The fraction of sp³-hybridized carbons (Fsp3) is 0.0526. The smallest absolute Gasteiger partial charge is 0.356 e. The molecule has 27 heteroatoms. The zero-order chi connectivity index (χ0) is 45.9. The van der Waals surface area contributed by atoms with Gasteiger partial charge in [0.05, 0.1) is 17.1 Å². The Morgan fingerprint density at radius 1 is 0.554 bits per heavy atom. The van der Waals surface area contributed by atoms with Crippen molar-refractivity contribution in [2.75, 3.05) is 36.9 Å². The van der Waals surface area contributed by atoms with Gasteiger partial charge in [0.2, 0.25) is 23.8 Å². The molecular formula is C38H37B2N19O5S. The number of carbonyl (C=O) groups excluding carboxylic acids is 2. The van der Waals surface area contributed by atoms with Crippen LogP contribution in [-0.2, 0) is 10.1 Å². The number of amides is 4. The Hall–Kier alpha value is -8.84. The zero-order valence-electron chi connectivity index (χ0n) is 34.3. The molecule has 7 aromatic rings. The quantitative estimate of drug-likeness (QED) is 0.0276. The van der Waals surface area contributed by atoms with Gasteiger partial charge in [-0.3, -0.25) is 4.55 Å². The van der Waals surface area contributed by atoms with Crippen molar-refractivity contribution in [3.63, 3.8) is 0 Å². The summed E-state index contributed by atoms with van der Waals surface area (Å²) >= 11 is 0. The molecule has 2 aromatic heterocycles. The molecule has 2 heterocycles. The van der Waals surface area contributed by atoms with Crippen molar-refractivity contribution in [1.29, 1.82) is 0 Å². The van der Waals surface area contributed by atoms with Crippen molar-refractivity contribution in [1.82, 2.24) is 29.9 Å². The number of nitrogens with two attached hydrogens (primary N) is 2. The Labute approximate surface area is 371 Å². The minimum absolute atomic E-state index is 0.106. The first-order chi connectivity index (χ1) is 31.2. The van der Waals surface area contributed by atoms with Crippen LogP contribution in [0.2, 0.25) is 0 Å². The summed E-state index contributed by atoms with van der Waals surface area (Å²) in [4.78, 5) is 49.4. The van der Waals surface area contributed by atoms with Crippen molar-refractivity contribution < 1.29 is 22.6 Å². The summed E-state index contributed by atoms with van der Waals surface area (Å²) in [7, 11) is -4.42. The van der Waals surface area contributed by atoms with E-state index < -0.39 is 27.1 Å². The number of primary amides is 2. The van der Waals surface area contributed by atoms with Gasteiger partial charge in [-0.1, -0.05) is 42.5 Å². The lowest BCUT2D eigenvalue weighted by Crippen LogP contribution is -2.23. The fourth-order valence-electron chi connectivity index (χ4n) is 5.92. The lowest BCUT2D eigenvalue weighted by Gasteiger charge is -2.12. The van der Waals surface area contributed by atoms with Crippen molar-refractivity contribution in [2.45, 2.75) is 18.7 Å². The first-order valence-corrected chi connectivity index (χ1v) is 20.7. The predicted molar refractivity (Wildman–Crippen MR) is 249 cm³/mol. The summed E-state index contributed by atoms with van der Waals surface area (Å²) in [5.41, 5.74) is 13.4. The average Bonchev–Trinajstić information content (AvgIpc) is 3.25. The maximum atomic E-state index is 12.2. The molecule has 5 aromatic carbocycles. The standard InChI is InChI=1S/C38H37B2N19O5S/c1-20-43-35(47-25-12-14-27(29(18-25)48-33(41)60)57-56-24-10-4-3-5-11-24)50-36(44-20)54-40-55-38-46-21(2)45-37(51-38)53-39-52-26-13-15-28(30(19-26)49-34(42)61)58-59-31-16-22-8-6-7-9-23(22)17-32(31)65(62,63)64/h3-19,39-40,52H,1-2H3,(H3,41,48,60)(H3,42,49,61)(H,62,63,64)(H2,43,44,47,50,54)(H2,45,46,51,53,55). The van der Waals surface area contributed by atoms with Gasteiger partial charge in [0.15, 0.2) is 0 Å². The van der Waals surface area contributed by atoms with Gasteiger partial charge in [0.25, 0.3) is 10.1 Å². The zero-order valence-corrected chi connectivity index (χ0v) is 35.2. The molecule has 326 valence electrons. The summed E-state index contributed by atoms with van der Waals surface area (Å²) in [6.07, 6.45) is 0. The Balaban J connectivity index is 0.964. The topological polar surface area (TPSA) is 352 Å². The largest absolute Gasteiger partial charge is 0.412 e. The number of azo groups is 2. The van der Waals surface area contributed by atoms with Crippen molar-refractivity contribution >= 4 is 117 Å². The molecule has 0 aliphatic heterocycles.